The van der Waals surface area contributed by atoms with Gasteiger partial charge in [-0.25, -0.2) is 8.42 Å². The van der Waals surface area contributed by atoms with Crippen LogP contribution in [0.25, 0.3) is 10.9 Å². The van der Waals surface area contributed by atoms with Crippen molar-refractivity contribution in [3.05, 3.63) is 69.0 Å². The van der Waals surface area contributed by atoms with Gasteiger partial charge in [0, 0.05) is 24.7 Å². The molecule has 0 aliphatic carbocycles. The maximum absolute atomic E-state index is 13.9. The molecule has 1 saturated heterocycles. The number of rotatable bonds is 7. The Balaban J connectivity index is 1.76. The van der Waals surface area contributed by atoms with Crippen molar-refractivity contribution in [3.63, 3.8) is 0 Å². The summed E-state index contributed by atoms with van der Waals surface area (Å²) >= 11 is 0. The second-order valence-corrected chi connectivity index (χ2v) is 10.5. The highest BCUT2D eigenvalue weighted by Crippen LogP contribution is 2.27. The number of hydrogen-bond donors (Lipinski definition) is 1. The van der Waals surface area contributed by atoms with Crippen LogP contribution in [-0.4, -0.2) is 57.3 Å². The van der Waals surface area contributed by atoms with E-state index < -0.39 is 16.1 Å². The lowest BCUT2D eigenvalue weighted by Gasteiger charge is -2.30. The number of aromatic nitrogens is 1. The first-order valence-electron chi connectivity index (χ1n) is 11.2. The SMILES string of the molecule is COc1ccc2cc(CN(C[C@H]3COCCO3)S(=O)(=O)c3c(C)cc(C)cc3C)c(=O)[nH]c2c1. The summed E-state index contributed by atoms with van der Waals surface area (Å²) in [5.74, 6) is 0.625. The number of nitrogens with zero attached hydrogens (tertiary/aromatic N) is 1. The van der Waals surface area contributed by atoms with E-state index in [0.29, 0.717) is 47.8 Å². The molecule has 3 aromatic rings. The molecule has 1 fully saturated rings. The minimum atomic E-state index is -3.93. The molecule has 2 heterocycles. The predicted octanol–water partition coefficient (Wildman–Crippen LogP) is 3.07. The van der Waals surface area contributed by atoms with Crippen molar-refractivity contribution in [2.45, 2.75) is 38.3 Å². The van der Waals surface area contributed by atoms with Crippen LogP contribution in [0.4, 0.5) is 0 Å². The van der Waals surface area contributed by atoms with Crippen LogP contribution in [-0.2, 0) is 26.0 Å². The zero-order valence-electron chi connectivity index (χ0n) is 19.9. The van der Waals surface area contributed by atoms with Gasteiger partial charge in [0.2, 0.25) is 10.0 Å². The lowest BCUT2D eigenvalue weighted by atomic mass is 10.1. The van der Waals surface area contributed by atoms with E-state index in [4.69, 9.17) is 14.2 Å². The summed E-state index contributed by atoms with van der Waals surface area (Å²) in [5.41, 5.74) is 2.95. The summed E-state index contributed by atoms with van der Waals surface area (Å²) < 4.78 is 45.6. The number of aromatic amines is 1. The molecule has 34 heavy (non-hydrogen) atoms. The monoisotopic (exact) mass is 486 g/mol. The van der Waals surface area contributed by atoms with Crippen molar-refractivity contribution in [3.8, 4) is 5.75 Å². The quantitative estimate of drug-likeness (QED) is 0.551. The van der Waals surface area contributed by atoms with Crippen LogP contribution < -0.4 is 10.3 Å². The molecule has 0 unspecified atom stereocenters. The van der Waals surface area contributed by atoms with E-state index in [9.17, 15) is 13.2 Å². The summed E-state index contributed by atoms with van der Waals surface area (Å²) in [5, 5.41) is 0.785. The minimum Gasteiger partial charge on any atom is -0.497 e. The largest absolute Gasteiger partial charge is 0.497 e. The van der Waals surface area contributed by atoms with Gasteiger partial charge in [0.05, 0.1) is 43.4 Å². The van der Waals surface area contributed by atoms with Crippen LogP contribution in [0.3, 0.4) is 0 Å². The summed E-state index contributed by atoms with van der Waals surface area (Å²) in [4.78, 5) is 16.0. The minimum absolute atomic E-state index is 0.0786. The van der Waals surface area contributed by atoms with E-state index in [1.54, 1.807) is 39.2 Å². The highest BCUT2D eigenvalue weighted by Gasteiger charge is 2.32. The molecule has 0 spiro atoms. The molecule has 4 rings (SSSR count). The Labute approximate surface area is 199 Å². The molecule has 9 heteroatoms. The topological polar surface area (TPSA) is 97.9 Å². The molecule has 2 aromatic carbocycles. The lowest BCUT2D eigenvalue weighted by molar-refractivity contribution is -0.0923. The van der Waals surface area contributed by atoms with Crippen molar-refractivity contribution in [1.29, 1.82) is 0 Å². The molecule has 1 N–H and O–H groups in total. The molecular formula is C25H30N2O6S. The average Bonchev–Trinajstić information content (AvgIpc) is 2.78. The Morgan fingerprint density at radius 2 is 1.82 bits per heavy atom. The molecule has 0 radical (unpaired) electrons. The van der Waals surface area contributed by atoms with Crippen LogP contribution in [0, 0.1) is 20.8 Å². The number of methoxy groups -OCH3 is 1. The Hall–Kier alpha value is -2.72. The van der Waals surface area contributed by atoms with Crippen molar-refractivity contribution < 1.29 is 22.6 Å². The highest BCUT2D eigenvalue weighted by molar-refractivity contribution is 7.89. The fourth-order valence-corrected chi connectivity index (χ4v) is 6.34. The van der Waals surface area contributed by atoms with Crippen molar-refractivity contribution >= 4 is 20.9 Å². The van der Waals surface area contributed by atoms with Crippen LogP contribution in [0.1, 0.15) is 22.3 Å². The zero-order valence-corrected chi connectivity index (χ0v) is 20.7. The number of sulfonamides is 1. The molecule has 0 saturated carbocycles. The molecule has 1 atom stereocenters. The van der Waals surface area contributed by atoms with E-state index in [1.807, 2.05) is 25.1 Å². The van der Waals surface area contributed by atoms with Gasteiger partial charge in [-0.3, -0.25) is 4.79 Å². The van der Waals surface area contributed by atoms with E-state index in [0.717, 1.165) is 10.9 Å². The third-order valence-corrected chi connectivity index (χ3v) is 8.09. The van der Waals surface area contributed by atoms with Gasteiger partial charge >= 0.3 is 0 Å². The summed E-state index contributed by atoms with van der Waals surface area (Å²) in [6.07, 6.45) is -0.418. The number of benzene rings is 2. The number of hydrogen-bond acceptors (Lipinski definition) is 6. The van der Waals surface area contributed by atoms with Gasteiger partial charge in [0.25, 0.3) is 5.56 Å². The molecule has 1 aliphatic heterocycles. The highest BCUT2D eigenvalue weighted by atomic mass is 32.2. The van der Waals surface area contributed by atoms with Crippen LogP contribution in [0.15, 0.2) is 46.1 Å². The van der Waals surface area contributed by atoms with Gasteiger partial charge in [-0.05, 0) is 55.5 Å². The first-order valence-corrected chi connectivity index (χ1v) is 12.6. The number of ether oxygens (including phenoxy) is 3. The van der Waals surface area contributed by atoms with Gasteiger partial charge in [-0.1, -0.05) is 17.7 Å². The molecule has 0 bridgehead atoms. The second-order valence-electron chi connectivity index (χ2n) is 8.67. The normalized spacial score (nSPS) is 16.8. The maximum atomic E-state index is 13.9. The number of nitrogens with one attached hydrogen (secondary N) is 1. The number of pyridine rings is 1. The lowest BCUT2D eigenvalue weighted by Crippen LogP contribution is -2.43. The zero-order chi connectivity index (χ0) is 24.5. The van der Waals surface area contributed by atoms with E-state index in [1.165, 1.54) is 4.31 Å². The van der Waals surface area contributed by atoms with Crippen LogP contribution in [0.5, 0.6) is 5.75 Å². The Morgan fingerprint density at radius 1 is 1.09 bits per heavy atom. The maximum Gasteiger partial charge on any atom is 0.252 e. The first-order chi connectivity index (χ1) is 16.2. The Kier molecular flexibility index (Phi) is 7.09. The number of fused-ring (bicyclic) bond motifs is 1. The Bertz CT molecular complexity index is 1340. The number of aryl methyl sites for hydroxylation is 3. The first kappa shape index (κ1) is 24.4. The molecular weight excluding hydrogens is 456 g/mol. The molecule has 0 amide bonds. The molecule has 1 aromatic heterocycles. The fraction of sp³-hybridized carbons (Fsp3) is 0.400. The smallest absolute Gasteiger partial charge is 0.252 e. The van der Waals surface area contributed by atoms with E-state index >= 15 is 0 Å². The molecule has 8 nitrogen and oxygen atoms in total. The van der Waals surface area contributed by atoms with Crippen LogP contribution in [0.2, 0.25) is 0 Å². The van der Waals surface area contributed by atoms with Gasteiger partial charge in [0.15, 0.2) is 0 Å². The Morgan fingerprint density at radius 3 is 2.47 bits per heavy atom. The fourth-order valence-electron chi connectivity index (χ4n) is 4.48. The summed E-state index contributed by atoms with van der Waals surface area (Å²) in [6.45, 7) is 6.69. The van der Waals surface area contributed by atoms with E-state index in [-0.39, 0.29) is 23.5 Å². The summed E-state index contributed by atoms with van der Waals surface area (Å²) in [7, 11) is -2.37. The molecule has 182 valence electrons. The summed E-state index contributed by atoms with van der Waals surface area (Å²) in [6, 6.07) is 10.8. The third kappa shape index (κ3) is 5.02. The van der Waals surface area contributed by atoms with Crippen LogP contribution >= 0.6 is 0 Å². The predicted molar refractivity (Wildman–Crippen MR) is 130 cm³/mol. The van der Waals surface area contributed by atoms with Gasteiger partial charge in [0.1, 0.15) is 5.75 Å². The van der Waals surface area contributed by atoms with Crippen molar-refractivity contribution in [2.24, 2.45) is 0 Å². The average molecular weight is 487 g/mol. The van der Waals surface area contributed by atoms with E-state index in [2.05, 4.69) is 4.98 Å². The second kappa shape index (κ2) is 9.87. The van der Waals surface area contributed by atoms with Gasteiger partial charge in [-0.2, -0.15) is 4.31 Å². The molecule has 1 aliphatic rings. The standard InChI is InChI=1S/C25H30N2O6S/c1-16-9-17(2)24(18(3)10-16)34(29,30)27(14-22-15-32-7-8-33-22)13-20-11-19-5-6-21(31-4)12-23(19)26-25(20)28/h5-6,9-12,22H,7-8,13-15H2,1-4H3,(H,26,28)/t22-/m0/s1. The van der Waals surface area contributed by atoms with Gasteiger partial charge in [-0.15, -0.1) is 0 Å². The van der Waals surface area contributed by atoms with Crippen molar-refractivity contribution in [2.75, 3.05) is 33.5 Å². The van der Waals surface area contributed by atoms with Gasteiger partial charge < -0.3 is 19.2 Å². The number of H-pyrrole nitrogens is 1. The third-order valence-electron chi connectivity index (χ3n) is 5.97. The van der Waals surface area contributed by atoms with Crippen molar-refractivity contribution in [1.82, 2.24) is 9.29 Å².